The molecule has 10 heavy (non-hydrogen) atoms. The van der Waals surface area contributed by atoms with Crippen LogP contribution in [0.25, 0.3) is 0 Å². The van der Waals surface area contributed by atoms with E-state index in [1.165, 1.54) is 11.5 Å². The number of hydrogen-bond acceptors (Lipinski definition) is 5. The lowest BCUT2D eigenvalue weighted by Crippen LogP contribution is -1.85. The van der Waals surface area contributed by atoms with Crippen LogP contribution >= 0.6 is 23.3 Å². The summed E-state index contributed by atoms with van der Waals surface area (Å²) < 4.78 is 4.83. The van der Waals surface area contributed by atoms with Crippen LogP contribution < -0.4 is 5.73 Å². The van der Waals surface area contributed by atoms with Crippen molar-refractivity contribution in [2.75, 3.05) is 11.5 Å². The minimum absolute atomic E-state index is 0.392. The number of thioether (sulfide) groups is 1. The lowest BCUT2D eigenvalue weighted by atomic mass is 10.6. The normalized spacial score (nSPS) is 10.1. The molecule has 1 aromatic heterocycles. The number of hydrogen-bond donors (Lipinski definition) is 1. The van der Waals surface area contributed by atoms with Crippen LogP contribution in [0, 0.1) is 0 Å². The minimum Gasteiger partial charge on any atom is -0.367 e. The van der Waals surface area contributed by atoms with Crippen LogP contribution in [0.1, 0.15) is 13.3 Å². The third-order valence-corrected chi connectivity index (χ3v) is 2.91. The van der Waals surface area contributed by atoms with Gasteiger partial charge in [0.2, 0.25) is 5.95 Å². The highest BCUT2D eigenvalue weighted by atomic mass is 32.2. The zero-order valence-electron chi connectivity index (χ0n) is 5.70. The molecule has 0 atom stereocenters. The van der Waals surface area contributed by atoms with Crippen molar-refractivity contribution in [2.24, 2.45) is 0 Å². The molecule has 0 saturated heterocycles. The number of nitrogens with zero attached hydrogens (tertiary/aromatic N) is 2. The second-order valence-corrected chi connectivity index (χ2v) is 3.86. The maximum atomic E-state index is 5.33. The second kappa shape index (κ2) is 3.78. The molecular weight excluding hydrogens is 166 g/mol. The summed E-state index contributed by atoms with van der Waals surface area (Å²) in [5.74, 6) is 1.48. The van der Waals surface area contributed by atoms with Crippen molar-refractivity contribution < 1.29 is 0 Å². The van der Waals surface area contributed by atoms with E-state index in [4.69, 9.17) is 5.73 Å². The topological polar surface area (TPSA) is 51.8 Å². The van der Waals surface area contributed by atoms with Crippen molar-refractivity contribution in [2.45, 2.75) is 17.7 Å². The third-order valence-electron chi connectivity index (χ3n) is 0.853. The first-order valence-corrected chi connectivity index (χ1v) is 4.81. The molecule has 0 unspecified atom stereocenters. The van der Waals surface area contributed by atoms with Crippen molar-refractivity contribution in [1.29, 1.82) is 0 Å². The van der Waals surface area contributed by atoms with Gasteiger partial charge in [-0.25, -0.2) is 0 Å². The highest BCUT2D eigenvalue weighted by Gasteiger charge is 1.98. The Morgan fingerprint density at radius 3 is 3.00 bits per heavy atom. The van der Waals surface area contributed by atoms with Gasteiger partial charge in [-0.05, 0) is 18.0 Å². The van der Waals surface area contributed by atoms with Gasteiger partial charge < -0.3 is 5.73 Å². The summed E-state index contributed by atoms with van der Waals surface area (Å²) in [5.41, 5.74) is 5.33. The van der Waals surface area contributed by atoms with Gasteiger partial charge in [0.1, 0.15) is 0 Å². The van der Waals surface area contributed by atoms with E-state index >= 15 is 0 Å². The first-order chi connectivity index (χ1) is 4.83. The van der Waals surface area contributed by atoms with Crippen LogP contribution in [0.5, 0.6) is 0 Å². The van der Waals surface area contributed by atoms with Gasteiger partial charge in [-0.2, -0.15) is 9.36 Å². The Balaban J connectivity index is 2.42. The fourth-order valence-corrected chi connectivity index (χ4v) is 1.92. The van der Waals surface area contributed by atoms with Gasteiger partial charge in [-0.15, -0.1) is 0 Å². The fourth-order valence-electron chi connectivity index (χ4n) is 0.468. The number of anilines is 1. The minimum atomic E-state index is 0.392. The summed E-state index contributed by atoms with van der Waals surface area (Å²) in [6.45, 7) is 2.14. The van der Waals surface area contributed by atoms with Crippen molar-refractivity contribution in [1.82, 2.24) is 9.36 Å². The molecule has 0 radical (unpaired) electrons. The maximum Gasteiger partial charge on any atom is 0.232 e. The number of nitrogens with two attached hydrogens (primary N) is 1. The molecule has 0 bridgehead atoms. The Labute approximate surface area is 68.2 Å². The van der Waals surface area contributed by atoms with E-state index in [0.717, 1.165) is 16.5 Å². The van der Waals surface area contributed by atoms with Crippen LogP contribution in [0.4, 0.5) is 5.95 Å². The quantitative estimate of drug-likeness (QED) is 0.709. The average molecular weight is 175 g/mol. The zero-order valence-corrected chi connectivity index (χ0v) is 7.34. The van der Waals surface area contributed by atoms with Crippen molar-refractivity contribution in [3.63, 3.8) is 0 Å². The molecule has 0 aromatic carbocycles. The van der Waals surface area contributed by atoms with Gasteiger partial charge >= 0.3 is 0 Å². The van der Waals surface area contributed by atoms with Gasteiger partial charge in [0.25, 0.3) is 0 Å². The molecule has 1 heterocycles. The van der Waals surface area contributed by atoms with E-state index in [9.17, 15) is 0 Å². The Morgan fingerprint density at radius 1 is 1.70 bits per heavy atom. The smallest absolute Gasteiger partial charge is 0.232 e. The molecule has 1 rings (SSSR count). The van der Waals surface area contributed by atoms with Gasteiger partial charge in [0, 0.05) is 5.75 Å². The van der Waals surface area contributed by atoms with E-state index in [0.29, 0.717) is 5.95 Å². The summed E-state index contributed by atoms with van der Waals surface area (Å²) in [6, 6.07) is 0. The molecule has 3 nitrogen and oxygen atoms in total. The molecule has 5 heteroatoms. The Morgan fingerprint density at radius 2 is 2.50 bits per heavy atom. The second-order valence-electron chi connectivity index (χ2n) is 1.77. The third kappa shape index (κ3) is 2.15. The lowest BCUT2D eigenvalue weighted by Gasteiger charge is -1.88. The predicted octanol–water partition coefficient (Wildman–Crippen LogP) is 1.62. The van der Waals surface area contributed by atoms with Crippen molar-refractivity contribution >= 4 is 29.2 Å². The van der Waals surface area contributed by atoms with Crippen LogP contribution in [0.2, 0.25) is 0 Å². The molecule has 0 amide bonds. The standard InChI is InChI=1S/C5H9N3S2/c1-2-3-9-5-7-4(6)8-10-5/h2-3H2,1H3,(H2,6,8). The van der Waals surface area contributed by atoms with Crippen molar-refractivity contribution in [3.05, 3.63) is 0 Å². The summed E-state index contributed by atoms with van der Waals surface area (Å²) in [6.07, 6.45) is 1.16. The summed E-state index contributed by atoms with van der Waals surface area (Å²) >= 11 is 3.07. The van der Waals surface area contributed by atoms with E-state index in [2.05, 4.69) is 16.3 Å². The monoisotopic (exact) mass is 175 g/mol. The molecule has 0 spiro atoms. The largest absolute Gasteiger partial charge is 0.367 e. The van der Waals surface area contributed by atoms with Crippen LogP contribution in [0.15, 0.2) is 4.34 Å². The molecule has 0 aliphatic heterocycles. The molecular formula is C5H9N3S2. The highest BCUT2D eigenvalue weighted by Crippen LogP contribution is 2.20. The molecule has 0 saturated carbocycles. The summed E-state index contributed by atoms with van der Waals surface area (Å²) in [5, 5.41) is 0. The van der Waals surface area contributed by atoms with Crippen LogP contribution in [-0.4, -0.2) is 15.1 Å². The number of rotatable bonds is 3. The van der Waals surface area contributed by atoms with Crippen LogP contribution in [-0.2, 0) is 0 Å². The number of aromatic nitrogens is 2. The molecule has 0 aliphatic rings. The average Bonchev–Trinajstić information content (AvgIpc) is 2.31. The molecule has 1 aromatic rings. The molecule has 56 valence electrons. The van der Waals surface area contributed by atoms with Gasteiger partial charge in [-0.3, -0.25) is 0 Å². The molecule has 0 fully saturated rings. The summed E-state index contributed by atoms with van der Waals surface area (Å²) in [7, 11) is 0. The van der Waals surface area contributed by atoms with E-state index in [1.54, 1.807) is 11.8 Å². The first-order valence-electron chi connectivity index (χ1n) is 3.05. The van der Waals surface area contributed by atoms with Gasteiger partial charge in [0.15, 0.2) is 4.34 Å². The van der Waals surface area contributed by atoms with Crippen molar-refractivity contribution in [3.8, 4) is 0 Å². The fraction of sp³-hybridized carbons (Fsp3) is 0.600. The van der Waals surface area contributed by atoms with E-state index < -0.39 is 0 Å². The molecule has 0 aliphatic carbocycles. The SMILES string of the molecule is CCCSc1nc(N)ns1. The Bertz CT molecular complexity index is 199. The number of nitrogen functional groups attached to an aromatic ring is 1. The van der Waals surface area contributed by atoms with E-state index in [1.807, 2.05) is 0 Å². The van der Waals surface area contributed by atoms with Gasteiger partial charge in [-0.1, -0.05) is 18.7 Å². The summed E-state index contributed by atoms with van der Waals surface area (Å²) in [4.78, 5) is 4.00. The molecule has 2 N–H and O–H groups in total. The van der Waals surface area contributed by atoms with E-state index in [-0.39, 0.29) is 0 Å². The van der Waals surface area contributed by atoms with Crippen LogP contribution in [0.3, 0.4) is 0 Å². The lowest BCUT2D eigenvalue weighted by molar-refractivity contribution is 1.10. The maximum absolute atomic E-state index is 5.33. The van der Waals surface area contributed by atoms with Gasteiger partial charge in [0.05, 0.1) is 0 Å². The predicted molar refractivity (Wildman–Crippen MR) is 45.3 cm³/mol. The highest BCUT2D eigenvalue weighted by molar-refractivity contribution is 8.00. The first kappa shape index (κ1) is 7.81. The zero-order chi connectivity index (χ0) is 7.40. The Kier molecular flexibility index (Phi) is 2.95. The Hall–Kier alpha value is -0.290.